The van der Waals surface area contributed by atoms with Crippen molar-refractivity contribution in [3.63, 3.8) is 0 Å². The fourth-order valence-electron chi connectivity index (χ4n) is 2.45. The van der Waals surface area contributed by atoms with Crippen molar-refractivity contribution in [3.8, 4) is 0 Å². The van der Waals surface area contributed by atoms with E-state index in [2.05, 4.69) is 49.8 Å². The zero-order valence-electron chi connectivity index (χ0n) is 19.1. The van der Waals surface area contributed by atoms with Crippen LogP contribution in [0.1, 0.15) is 57.3 Å². The third-order valence-electron chi connectivity index (χ3n) is 5.36. The van der Waals surface area contributed by atoms with Gasteiger partial charge in [0.2, 0.25) is 0 Å². The Morgan fingerprint density at radius 2 is 1.90 bits per heavy atom. The number of hydrogen-bond acceptors (Lipinski definition) is 4. The molecular formula is C23H36BrNO4Si. The molecule has 0 aliphatic rings. The van der Waals surface area contributed by atoms with Crippen LogP contribution in [-0.2, 0) is 9.16 Å². The number of benzene rings is 1. The fraction of sp³-hybridized carbons (Fsp3) is 0.565. The molecule has 0 bridgehead atoms. The van der Waals surface area contributed by atoms with Crippen LogP contribution in [0.5, 0.6) is 0 Å². The molecule has 0 spiro atoms. The van der Waals surface area contributed by atoms with Crippen LogP contribution in [0, 0.1) is 5.21 Å². The van der Waals surface area contributed by atoms with Gasteiger partial charge in [-0.1, -0.05) is 61.0 Å². The predicted octanol–water partition coefficient (Wildman–Crippen LogP) is 6.28. The number of ether oxygens (including phenoxy) is 1. The van der Waals surface area contributed by atoms with Gasteiger partial charge in [-0.05, 0) is 43.6 Å². The average molecular weight is 499 g/mol. The number of nitrogens with zero attached hydrogens (tertiary/aromatic N) is 1. The van der Waals surface area contributed by atoms with E-state index in [1.54, 1.807) is 30.5 Å². The van der Waals surface area contributed by atoms with Crippen LogP contribution in [0.4, 0.5) is 0 Å². The molecule has 30 heavy (non-hydrogen) atoms. The summed E-state index contributed by atoms with van der Waals surface area (Å²) in [5, 5.41) is 12.3. The lowest BCUT2D eigenvalue weighted by molar-refractivity contribution is -0.455. The van der Waals surface area contributed by atoms with E-state index in [9.17, 15) is 10.0 Å². The molecule has 0 saturated heterocycles. The molecule has 0 saturated carbocycles. The Balaban J connectivity index is 2.46. The van der Waals surface area contributed by atoms with Gasteiger partial charge in [-0.15, -0.1) is 0 Å². The maximum Gasteiger partial charge on any atom is 0.338 e. The van der Waals surface area contributed by atoms with Gasteiger partial charge in [0.15, 0.2) is 21.1 Å². The van der Waals surface area contributed by atoms with Crippen molar-refractivity contribution in [2.75, 3.05) is 13.2 Å². The number of carbonyl (C=O) groups is 1. The number of esters is 1. The van der Waals surface area contributed by atoms with Crippen molar-refractivity contribution in [3.05, 3.63) is 51.7 Å². The quantitative estimate of drug-likeness (QED) is 0.0685. The van der Waals surface area contributed by atoms with Crippen molar-refractivity contribution in [1.82, 2.24) is 0 Å². The minimum atomic E-state index is -1.94. The van der Waals surface area contributed by atoms with Gasteiger partial charge in [0.25, 0.3) is 0 Å². The van der Waals surface area contributed by atoms with Crippen LogP contribution in [0.15, 0.2) is 40.9 Å². The summed E-state index contributed by atoms with van der Waals surface area (Å²) >= 11 is 3.60. The largest absolute Gasteiger partial charge is 0.624 e. The van der Waals surface area contributed by atoms with Gasteiger partial charge in [0, 0.05) is 17.3 Å². The van der Waals surface area contributed by atoms with E-state index in [4.69, 9.17) is 9.16 Å². The second-order valence-electron chi connectivity index (χ2n) is 8.80. The first-order valence-electron chi connectivity index (χ1n) is 10.5. The highest BCUT2D eigenvalue weighted by atomic mass is 79.9. The van der Waals surface area contributed by atoms with Crippen molar-refractivity contribution in [2.24, 2.45) is 0 Å². The third-order valence-corrected chi connectivity index (χ3v) is 10.8. The lowest BCUT2D eigenvalue weighted by Gasteiger charge is -2.39. The van der Waals surface area contributed by atoms with Gasteiger partial charge in [0.1, 0.15) is 0 Å². The van der Waals surface area contributed by atoms with Crippen LogP contribution in [0.3, 0.4) is 0 Å². The summed E-state index contributed by atoms with van der Waals surface area (Å²) in [5.74, 6) is -0.337. The molecule has 0 fully saturated rings. The highest BCUT2D eigenvalue weighted by Crippen LogP contribution is 2.39. The molecular weight excluding hydrogens is 462 g/mol. The molecule has 0 aromatic heterocycles. The van der Waals surface area contributed by atoms with Gasteiger partial charge in [0.05, 0.1) is 18.3 Å². The topological polar surface area (TPSA) is 61.6 Å². The van der Waals surface area contributed by atoms with Gasteiger partial charge in [-0.25, -0.2) is 9.53 Å². The SMILES string of the molecule is C/C=C(\Br)C(CC/[N+]([O-])=C/CCCOC(=O)c1ccccc1)O[Si](C)(C)C(C)(C)C. The summed E-state index contributed by atoms with van der Waals surface area (Å²) in [5.41, 5.74) is 0.536. The molecule has 1 atom stereocenters. The summed E-state index contributed by atoms with van der Waals surface area (Å²) in [6.45, 7) is 13.7. The summed E-state index contributed by atoms with van der Waals surface area (Å²) in [7, 11) is -1.94. The molecule has 1 aromatic rings. The molecule has 1 unspecified atom stereocenters. The number of hydroxylamine groups is 1. The highest BCUT2D eigenvalue weighted by molar-refractivity contribution is 9.11. The minimum absolute atomic E-state index is 0.104. The first kappa shape index (κ1) is 26.6. The van der Waals surface area contributed by atoms with Crippen molar-refractivity contribution in [2.45, 2.75) is 71.2 Å². The van der Waals surface area contributed by atoms with E-state index < -0.39 is 8.32 Å². The Hall–Kier alpha value is -1.44. The first-order chi connectivity index (χ1) is 14.0. The number of rotatable bonds is 11. The van der Waals surface area contributed by atoms with Crippen LogP contribution < -0.4 is 0 Å². The Morgan fingerprint density at radius 3 is 2.47 bits per heavy atom. The highest BCUT2D eigenvalue weighted by Gasteiger charge is 2.39. The normalized spacial score (nSPS) is 14.5. The first-order valence-corrected chi connectivity index (χ1v) is 14.2. The number of halogens is 1. The summed E-state index contributed by atoms with van der Waals surface area (Å²) < 4.78 is 13.7. The maximum atomic E-state index is 12.2. The molecule has 1 rings (SSSR count). The van der Waals surface area contributed by atoms with E-state index in [-0.39, 0.29) is 17.1 Å². The fourth-order valence-corrected chi connectivity index (χ4v) is 4.25. The zero-order chi connectivity index (χ0) is 22.8. The summed E-state index contributed by atoms with van der Waals surface area (Å²) in [6, 6.07) is 8.89. The van der Waals surface area contributed by atoms with Gasteiger partial charge in [-0.2, -0.15) is 0 Å². The van der Waals surface area contributed by atoms with Crippen molar-refractivity contribution < 1.29 is 18.7 Å². The third kappa shape index (κ3) is 9.14. The van der Waals surface area contributed by atoms with Gasteiger partial charge >= 0.3 is 5.97 Å². The standard InChI is InChI=1S/C23H36BrNO4Si/c1-7-20(24)21(29-30(5,6)23(2,3)4)15-17-25(27)16-11-12-18-28-22(26)19-13-9-8-10-14-19/h7-10,13-14,16,21H,11-12,15,17-18H2,1-6H3/b20-7-,25-16-. The van der Waals surface area contributed by atoms with Gasteiger partial charge in [-0.3, -0.25) is 0 Å². The van der Waals surface area contributed by atoms with E-state index in [0.717, 1.165) is 9.22 Å². The van der Waals surface area contributed by atoms with E-state index in [1.807, 2.05) is 19.1 Å². The summed E-state index contributed by atoms with van der Waals surface area (Å²) in [4.78, 5) is 11.9. The predicted molar refractivity (Wildman–Crippen MR) is 130 cm³/mol. The number of allylic oxidation sites excluding steroid dienone is 1. The molecule has 0 aliphatic carbocycles. The molecule has 0 aliphatic heterocycles. The monoisotopic (exact) mass is 497 g/mol. The maximum absolute atomic E-state index is 12.2. The van der Waals surface area contributed by atoms with Crippen LogP contribution in [-0.4, -0.2) is 44.5 Å². The molecule has 168 valence electrons. The lowest BCUT2D eigenvalue weighted by atomic mass is 10.2. The Labute approximate surface area is 191 Å². The Kier molecular flexibility index (Phi) is 11.0. The second-order valence-corrected chi connectivity index (χ2v) is 14.5. The molecule has 0 N–H and O–H groups in total. The average Bonchev–Trinajstić information content (AvgIpc) is 2.69. The number of carbonyl (C=O) groups excluding carboxylic acids is 1. The number of unbranched alkanes of at least 4 members (excludes halogenated alkanes) is 1. The lowest BCUT2D eigenvalue weighted by Crippen LogP contribution is -2.44. The van der Waals surface area contributed by atoms with E-state index in [1.165, 1.54) is 0 Å². The molecule has 7 heteroatoms. The van der Waals surface area contributed by atoms with Crippen LogP contribution >= 0.6 is 15.9 Å². The van der Waals surface area contributed by atoms with Gasteiger partial charge < -0.3 is 14.4 Å². The molecule has 5 nitrogen and oxygen atoms in total. The Morgan fingerprint density at radius 1 is 1.27 bits per heavy atom. The molecule has 0 amide bonds. The smallest absolute Gasteiger partial charge is 0.338 e. The van der Waals surface area contributed by atoms with Crippen molar-refractivity contribution >= 4 is 36.4 Å². The summed E-state index contributed by atoms with van der Waals surface area (Å²) in [6.07, 6.45) is 5.26. The van der Waals surface area contributed by atoms with Crippen molar-refractivity contribution in [1.29, 1.82) is 0 Å². The minimum Gasteiger partial charge on any atom is -0.624 e. The molecule has 0 radical (unpaired) electrons. The van der Waals surface area contributed by atoms with E-state index >= 15 is 0 Å². The molecule has 0 heterocycles. The Bertz CT molecular complexity index is 726. The van der Waals surface area contributed by atoms with Crippen LogP contribution in [0.2, 0.25) is 18.1 Å². The zero-order valence-corrected chi connectivity index (χ0v) is 21.7. The van der Waals surface area contributed by atoms with Crippen LogP contribution in [0.25, 0.3) is 0 Å². The number of hydrogen-bond donors (Lipinski definition) is 0. The van der Waals surface area contributed by atoms with E-state index in [0.29, 0.717) is 38.0 Å². The molecule has 1 aromatic carbocycles. The second kappa shape index (κ2) is 12.4.